The minimum absolute atomic E-state index is 0.195. The minimum Gasteiger partial charge on any atom is -0.493 e. The van der Waals surface area contributed by atoms with Crippen molar-refractivity contribution in [1.82, 2.24) is 0 Å². The fourth-order valence-corrected chi connectivity index (χ4v) is 3.10. The highest BCUT2D eigenvalue weighted by Crippen LogP contribution is 2.29. The highest BCUT2D eigenvalue weighted by atomic mass is 35.5. The zero-order valence-corrected chi connectivity index (χ0v) is 20.0. The van der Waals surface area contributed by atoms with Gasteiger partial charge < -0.3 is 19.5 Å². The maximum atomic E-state index is 12.3. The number of ether oxygens (including phenoxy) is 3. The molecular formula is C27H26ClNO5. The summed E-state index contributed by atoms with van der Waals surface area (Å²) in [5.41, 5.74) is 2.75. The number of carbonyl (C=O) groups excluding carboxylic acids is 2. The Morgan fingerprint density at radius 2 is 1.68 bits per heavy atom. The van der Waals surface area contributed by atoms with Crippen LogP contribution in [0, 0.1) is 0 Å². The summed E-state index contributed by atoms with van der Waals surface area (Å²) >= 11 is 5.91. The fourth-order valence-electron chi connectivity index (χ4n) is 2.98. The van der Waals surface area contributed by atoms with Gasteiger partial charge in [-0.1, -0.05) is 29.8 Å². The molecule has 0 unspecified atom stereocenters. The molecule has 0 spiro atoms. The van der Waals surface area contributed by atoms with Crippen LogP contribution >= 0.6 is 11.6 Å². The quantitative estimate of drug-likeness (QED) is 0.294. The summed E-state index contributed by atoms with van der Waals surface area (Å²) in [6.07, 6.45) is 2.90. The molecule has 3 rings (SSSR count). The van der Waals surface area contributed by atoms with E-state index in [4.69, 9.17) is 25.8 Å². The molecule has 0 aromatic heterocycles. The van der Waals surface area contributed by atoms with E-state index in [-0.39, 0.29) is 12.0 Å². The van der Waals surface area contributed by atoms with Crippen LogP contribution in [0.5, 0.6) is 11.5 Å². The molecule has 0 radical (unpaired) electrons. The van der Waals surface area contributed by atoms with Gasteiger partial charge in [-0.15, -0.1) is 0 Å². The SMILES string of the molecule is COc1cc(C=CC(=O)Nc2ccc(C(=O)OC(C)C)cc2)ccc1OCc1ccc(Cl)cc1. The smallest absolute Gasteiger partial charge is 0.338 e. The normalized spacial score (nSPS) is 10.9. The predicted octanol–water partition coefficient (Wildman–Crippen LogP) is 6.14. The number of methoxy groups -OCH3 is 1. The van der Waals surface area contributed by atoms with Crippen molar-refractivity contribution in [2.24, 2.45) is 0 Å². The molecule has 7 heteroatoms. The topological polar surface area (TPSA) is 73.9 Å². The summed E-state index contributed by atoms with van der Waals surface area (Å²) in [6.45, 7) is 3.95. The number of carbonyl (C=O) groups is 2. The number of hydrogen-bond donors (Lipinski definition) is 1. The second kappa shape index (κ2) is 11.9. The number of esters is 1. The fraction of sp³-hybridized carbons (Fsp3) is 0.185. The Morgan fingerprint density at radius 3 is 2.32 bits per heavy atom. The molecule has 0 fully saturated rings. The Hall–Kier alpha value is -3.77. The summed E-state index contributed by atoms with van der Waals surface area (Å²) in [5, 5.41) is 3.43. The zero-order valence-electron chi connectivity index (χ0n) is 19.2. The lowest BCUT2D eigenvalue weighted by Gasteiger charge is -2.11. The summed E-state index contributed by atoms with van der Waals surface area (Å²) in [6, 6.07) is 19.4. The van der Waals surface area contributed by atoms with Gasteiger partial charge in [0.1, 0.15) is 6.61 Å². The molecule has 0 bridgehead atoms. The third kappa shape index (κ3) is 7.39. The first-order chi connectivity index (χ1) is 16.3. The summed E-state index contributed by atoms with van der Waals surface area (Å²) in [7, 11) is 1.56. The number of amides is 1. The lowest BCUT2D eigenvalue weighted by atomic mass is 10.1. The highest BCUT2D eigenvalue weighted by molar-refractivity contribution is 6.30. The molecule has 1 amide bonds. The minimum atomic E-state index is -0.401. The summed E-state index contributed by atoms with van der Waals surface area (Å²) in [4.78, 5) is 24.2. The van der Waals surface area contributed by atoms with Gasteiger partial charge in [-0.2, -0.15) is 0 Å². The Balaban J connectivity index is 1.58. The van der Waals surface area contributed by atoms with Crippen LogP contribution in [0.25, 0.3) is 6.08 Å². The molecule has 0 saturated heterocycles. The van der Waals surface area contributed by atoms with Crippen molar-refractivity contribution < 1.29 is 23.8 Å². The zero-order chi connectivity index (χ0) is 24.5. The molecule has 1 N–H and O–H groups in total. The van der Waals surface area contributed by atoms with E-state index in [2.05, 4.69) is 5.32 Å². The Bertz CT molecular complexity index is 1150. The lowest BCUT2D eigenvalue weighted by Crippen LogP contribution is -2.12. The monoisotopic (exact) mass is 479 g/mol. The third-order valence-electron chi connectivity index (χ3n) is 4.65. The first-order valence-corrected chi connectivity index (χ1v) is 11.1. The molecule has 34 heavy (non-hydrogen) atoms. The standard InChI is InChI=1S/C27H26ClNO5/c1-18(2)34-27(31)21-8-12-23(13-9-21)29-26(30)15-7-19-6-14-24(25(16-19)32-3)33-17-20-4-10-22(28)11-5-20/h4-16,18H,17H2,1-3H3,(H,29,30). The van der Waals surface area contributed by atoms with E-state index < -0.39 is 5.97 Å². The van der Waals surface area contributed by atoms with Crippen LogP contribution in [-0.2, 0) is 16.1 Å². The van der Waals surface area contributed by atoms with Crippen molar-refractivity contribution in [3.05, 3.63) is 94.5 Å². The van der Waals surface area contributed by atoms with Crippen molar-refractivity contribution in [3.63, 3.8) is 0 Å². The molecular weight excluding hydrogens is 454 g/mol. The van der Waals surface area contributed by atoms with Gasteiger partial charge >= 0.3 is 5.97 Å². The Morgan fingerprint density at radius 1 is 0.971 bits per heavy atom. The van der Waals surface area contributed by atoms with E-state index in [1.807, 2.05) is 30.3 Å². The number of nitrogens with one attached hydrogen (secondary N) is 1. The van der Waals surface area contributed by atoms with E-state index in [0.717, 1.165) is 11.1 Å². The average Bonchev–Trinajstić information content (AvgIpc) is 2.82. The second-order valence-corrected chi connectivity index (χ2v) is 8.12. The van der Waals surface area contributed by atoms with Crippen LogP contribution in [0.4, 0.5) is 5.69 Å². The molecule has 0 heterocycles. The van der Waals surface area contributed by atoms with Crippen molar-refractivity contribution in [1.29, 1.82) is 0 Å². The van der Waals surface area contributed by atoms with E-state index in [1.54, 1.807) is 63.4 Å². The van der Waals surface area contributed by atoms with Crippen molar-refractivity contribution >= 4 is 35.2 Å². The molecule has 0 saturated carbocycles. The van der Waals surface area contributed by atoms with Crippen LogP contribution in [0.2, 0.25) is 5.02 Å². The van der Waals surface area contributed by atoms with Gasteiger partial charge in [-0.25, -0.2) is 4.79 Å². The number of benzene rings is 3. The van der Waals surface area contributed by atoms with Crippen molar-refractivity contribution in [3.8, 4) is 11.5 Å². The Kier molecular flexibility index (Phi) is 8.71. The van der Waals surface area contributed by atoms with Gasteiger partial charge in [0.05, 0.1) is 18.8 Å². The van der Waals surface area contributed by atoms with Gasteiger partial charge in [0.2, 0.25) is 5.91 Å². The van der Waals surface area contributed by atoms with Crippen LogP contribution in [0.1, 0.15) is 35.3 Å². The van der Waals surface area contributed by atoms with Crippen LogP contribution < -0.4 is 14.8 Å². The second-order valence-electron chi connectivity index (χ2n) is 7.68. The molecule has 3 aromatic carbocycles. The Labute approximate surface area is 204 Å². The molecule has 3 aromatic rings. The summed E-state index contributed by atoms with van der Waals surface area (Å²) in [5.74, 6) is 0.442. The van der Waals surface area contributed by atoms with E-state index in [1.165, 1.54) is 6.08 Å². The highest BCUT2D eigenvalue weighted by Gasteiger charge is 2.09. The van der Waals surface area contributed by atoms with Crippen LogP contribution in [0.3, 0.4) is 0 Å². The van der Waals surface area contributed by atoms with Gasteiger partial charge in [-0.05, 0) is 79.6 Å². The van der Waals surface area contributed by atoms with Gasteiger partial charge in [0.15, 0.2) is 11.5 Å². The number of halogens is 1. The molecule has 0 aliphatic carbocycles. The third-order valence-corrected chi connectivity index (χ3v) is 4.91. The molecule has 0 atom stereocenters. The average molecular weight is 480 g/mol. The first kappa shape index (κ1) is 24.9. The molecule has 0 aliphatic heterocycles. The van der Waals surface area contributed by atoms with Gasteiger partial charge in [-0.3, -0.25) is 4.79 Å². The van der Waals surface area contributed by atoms with Crippen molar-refractivity contribution in [2.75, 3.05) is 12.4 Å². The van der Waals surface area contributed by atoms with E-state index in [0.29, 0.717) is 34.4 Å². The first-order valence-electron chi connectivity index (χ1n) is 10.7. The largest absolute Gasteiger partial charge is 0.493 e. The number of hydrogen-bond acceptors (Lipinski definition) is 5. The molecule has 6 nitrogen and oxygen atoms in total. The van der Waals surface area contributed by atoms with Crippen LogP contribution in [0.15, 0.2) is 72.8 Å². The van der Waals surface area contributed by atoms with Gasteiger partial charge in [0, 0.05) is 16.8 Å². The van der Waals surface area contributed by atoms with E-state index in [9.17, 15) is 9.59 Å². The number of rotatable bonds is 9. The predicted molar refractivity (Wildman–Crippen MR) is 133 cm³/mol. The maximum Gasteiger partial charge on any atom is 0.338 e. The summed E-state index contributed by atoms with van der Waals surface area (Å²) < 4.78 is 16.4. The van der Waals surface area contributed by atoms with Crippen LogP contribution in [-0.4, -0.2) is 25.1 Å². The van der Waals surface area contributed by atoms with E-state index >= 15 is 0 Å². The maximum absolute atomic E-state index is 12.3. The molecule has 176 valence electrons. The number of anilines is 1. The van der Waals surface area contributed by atoms with Crippen molar-refractivity contribution in [2.45, 2.75) is 26.6 Å². The molecule has 0 aliphatic rings. The lowest BCUT2D eigenvalue weighted by molar-refractivity contribution is -0.111. The van der Waals surface area contributed by atoms with Gasteiger partial charge in [0.25, 0.3) is 0 Å².